The van der Waals surface area contributed by atoms with Crippen molar-refractivity contribution >= 4 is 23.5 Å². The van der Waals surface area contributed by atoms with Crippen LogP contribution in [-0.2, 0) is 14.3 Å². The van der Waals surface area contributed by atoms with Crippen molar-refractivity contribution in [2.45, 2.75) is 39.3 Å². The molecule has 2 unspecified atom stereocenters. The van der Waals surface area contributed by atoms with E-state index in [0.717, 1.165) is 18.1 Å². The number of thioether (sulfide) groups is 1. The molecule has 104 valence electrons. The predicted molar refractivity (Wildman–Crippen MR) is 73.8 cm³/mol. The van der Waals surface area contributed by atoms with Crippen molar-refractivity contribution in [3.63, 3.8) is 0 Å². The van der Waals surface area contributed by atoms with Crippen molar-refractivity contribution in [3.8, 4) is 0 Å². The van der Waals surface area contributed by atoms with Crippen LogP contribution in [0.5, 0.6) is 0 Å². The summed E-state index contributed by atoms with van der Waals surface area (Å²) < 4.78 is 5.26. The maximum absolute atomic E-state index is 12.3. The molecule has 0 N–H and O–H groups in total. The van der Waals surface area contributed by atoms with E-state index in [2.05, 4.69) is 0 Å². The average Bonchev–Trinajstić information content (AvgIpc) is 2.25. The Hall–Kier alpha value is -0.550. The van der Waals surface area contributed by atoms with E-state index >= 15 is 0 Å². The number of carbonyl (C=O) groups excluding carboxylic acids is 2. The first-order chi connectivity index (χ1) is 8.22. The van der Waals surface area contributed by atoms with Gasteiger partial charge in [0.25, 0.3) is 0 Å². The first-order valence-corrected chi connectivity index (χ1v) is 7.42. The fraction of sp³-hybridized carbons (Fsp3) is 0.846. The van der Waals surface area contributed by atoms with Crippen molar-refractivity contribution < 1.29 is 14.3 Å². The lowest BCUT2D eigenvalue weighted by Crippen LogP contribution is -2.48. The third-order valence-electron chi connectivity index (χ3n) is 2.91. The van der Waals surface area contributed by atoms with Crippen LogP contribution >= 0.6 is 11.8 Å². The highest BCUT2D eigenvalue weighted by molar-refractivity contribution is 7.99. The SMILES string of the molecule is CC(C(=O)OC(C)(C)C)C(=O)C1CSCCN1C. The van der Waals surface area contributed by atoms with E-state index < -0.39 is 17.5 Å². The van der Waals surface area contributed by atoms with E-state index in [-0.39, 0.29) is 11.8 Å². The minimum absolute atomic E-state index is 0.0287. The van der Waals surface area contributed by atoms with Gasteiger partial charge < -0.3 is 4.74 Å². The minimum Gasteiger partial charge on any atom is -0.459 e. The fourth-order valence-electron chi connectivity index (χ4n) is 1.78. The van der Waals surface area contributed by atoms with Gasteiger partial charge in [0.1, 0.15) is 11.5 Å². The molecule has 1 aliphatic heterocycles. The molecule has 0 aromatic carbocycles. The zero-order valence-electron chi connectivity index (χ0n) is 11.9. The first kappa shape index (κ1) is 15.5. The zero-order chi connectivity index (χ0) is 13.9. The summed E-state index contributed by atoms with van der Waals surface area (Å²) in [6.45, 7) is 7.96. The van der Waals surface area contributed by atoms with Crippen molar-refractivity contribution in [1.29, 1.82) is 0 Å². The molecule has 0 aromatic rings. The number of hydrogen-bond acceptors (Lipinski definition) is 5. The summed E-state index contributed by atoms with van der Waals surface area (Å²) in [5.41, 5.74) is -0.543. The normalized spacial score (nSPS) is 23.5. The number of Topliss-reactive ketones (excluding diaryl/α,β-unsaturated/α-hetero) is 1. The lowest BCUT2D eigenvalue weighted by molar-refractivity contribution is -0.162. The molecule has 1 fully saturated rings. The second kappa shape index (κ2) is 6.06. The summed E-state index contributed by atoms with van der Waals surface area (Å²) in [5, 5.41) is 0. The van der Waals surface area contributed by atoms with Gasteiger partial charge in [-0.15, -0.1) is 0 Å². The van der Waals surface area contributed by atoms with Crippen LogP contribution in [0.4, 0.5) is 0 Å². The Morgan fingerprint density at radius 3 is 2.50 bits per heavy atom. The second-order valence-corrected chi connectivity index (χ2v) is 6.88. The molecule has 18 heavy (non-hydrogen) atoms. The van der Waals surface area contributed by atoms with Crippen LogP contribution in [0, 0.1) is 5.92 Å². The van der Waals surface area contributed by atoms with Gasteiger partial charge in [-0.05, 0) is 34.7 Å². The number of nitrogens with zero attached hydrogens (tertiary/aromatic N) is 1. The lowest BCUT2D eigenvalue weighted by atomic mass is 9.99. The Kier molecular flexibility index (Phi) is 5.22. The quantitative estimate of drug-likeness (QED) is 0.577. The van der Waals surface area contributed by atoms with E-state index in [0.29, 0.717) is 0 Å². The van der Waals surface area contributed by atoms with Crippen LogP contribution < -0.4 is 0 Å². The molecule has 0 saturated carbocycles. The summed E-state index contributed by atoms with van der Waals surface area (Å²) in [5.74, 6) is 0.676. The third kappa shape index (κ3) is 4.28. The molecule has 2 atom stereocenters. The first-order valence-electron chi connectivity index (χ1n) is 6.27. The molecule has 1 aliphatic rings. The smallest absolute Gasteiger partial charge is 0.316 e. The molecule has 5 heteroatoms. The number of ketones is 1. The minimum atomic E-state index is -0.685. The van der Waals surface area contributed by atoms with Gasteiger partial charge in [0.2, 0.25) is 0 Å². The summed E-state index contributed by atoms with van der Waals surface area (Å²) in [4.78, 5) is 26.2. The van der Waals surface area contributed by atoms with E-state index in [1.54, 1.807) is 18.7 Å². The maximum Gasteiger partial charge on any atom is 0.316 e. The van der Waals surface area contributed by atoms with Gasteiger partial charge >= 0.3 is 5.97 Å². The van der Waals surface area contributed by atoms with Crippen LogP contribution in [0.25, 0.3) is 0 Å². The maximum atomic E-state index is 12.3. The Balaban J connectivity index is 2.62. The van der Waals surface area contributed by atoms with Crippen molar-refractivity contribution in [3.05, 3.63) is 0 Å². The van der Waals surface area contributed by atoms with Crippen LogP contribution in [0.15, 0.2) is 0 Å². The Labute approximate surface area is 113 Å². The number of hydrogen-bond donors (Lipinski definition) is 0. The van der Waals surface area contributed by atoms with Crippen molar-refractivity contribution in [1.82, 2.24) is 4.90 Å². The number of carbonyl (C=O) groups is 2. The number of esters is 1. The Morgan fingerprint density at radius 1 is 1.39 bits per heavy atom. The monoisotopic (exact) mass is 273 g/mol. The number of likely N-dealkylation sites (N-methyl/N-ethyl adjacent to an activating group) is 1. The van der Waals surface area contributed by atoms with E-state index in [4.69, 9.17) is 4.74 Å². The summed E-state index contributed by atoms with van der Waals surface area (Å²) >= 11 is 1.76. The highest BCUT2D eigenvalue weighted by Crippen LogP contribution is 2.20. The predicted octanol–water partition coefficient (Wildman–Crippen LogP) is 1.58. The van der Waals surface area contributed by atoms with E-state index in [1.807, 2.05) is 32.7 Å². The summed E-state index contributed by atoms with van der Waals surface area (Å²) in [7, 11) is 1.93. The van der Waals surface area contributed by atoms with E-state index in [9.17, 15) is 9.59 Å². The molecule has 0 amide bonds. The molecule has 1 heterocycles. The summed E-state index contributed by atoms with van der Waals surface area (Å²) in [6.07, 6.45) is 0. The fourth-order valence-corrected chi connectivity index (χ4v) is 3.01. The molecule has 0 spiro atoms. The molecular weight excluding hydrogens is 250 g/mol. The van der Waals surface area contributed by atoms with Gasteiger partial charge in [-0.3, -0.25) is 14.5 Å². The van der Waals surface area contributed by atoms with Gasteiger partial charge in [-0.2, -0.15) is 11.8 Å². The highest BCUT2D eigenvalue weighted by atomic mass is 32.2. The third-order valence-corrected chi connectivity index (χ3v) is 3.93. The number of rotatable bonds is 3. The molecule has 0 aromatic heterocycles. The van der Waals surface area contributed by atoms with Crippen molar-refractivity contribution in [2.24, 2.45) is 5.92 Å². The highest BCUT2D eigenvalue weighted by Gasteiger charge is 2.35. The standard InChI is InChI=1S/C13H23NO3S/c1-9(12(16)17-13(2,3)4)11(15)10-8-18-7-6-14(10)5/h9-10H,6-8H2,1-5H3. The molecule has 4 nitrogen and oxygen atoms in total. The molecule has 0 radical (unpaired) electrons. The van der Waals surface area contributed by atoms with Gasteiger partial charge in [0.05, 0.1) is 6.04 Å². The molecule has 1 rings (SSSR count). The molecule has 1 saturated heterocycles. The topological polar surface area (TPSA) is 46.6 Å². The van der Waals surface area contributed by atoms with Gasteiger partial charge in [-0.1, -0.05) is 0 Å². The van der Waals surface area contributed by atoms with Crippen LogP contribution in [0.3, 0.4) is 0 Å². The van der Waals surface area contributed by atoms with Gasteiger partial charge in [0.15, 0.2) is 5.78 Å². The van der Waals surface area contributed by atoms with Gasteiger partial charge in [0, 0.05) is 18.1 Å². The summed E-state index contributed by atoms with van der Waals surface area (Å²) in [6, 6.07) is -0.161. The van der Waals surface area contributed by atoms with Crippen LogP contribution in [0.1, 0.15) is 27.7 Å². The van der Waals surface area contributed by atoms with Gasteiger partial charge in [-0.25, -0.2) is 0 Å². The van der Waals surface area contributed by atoms with E-state index in [1.165, 1.54) is 0 Å². The lowest BCUT2D eigenvalue weighted by Gasteiger charge is -2.32. The average molecular weight is 273 g/mol. The Morgan fingerprint density at radius 2 is 2.00 bits per heavy atom. The molecular formula is C13H23NO3S. The second-order valence-electron chi connectivity index (χ2n) is 5.73. The number of ether oxygens (including phenoxy) is 1. The van der Waals surface area contributed by atoms with Crippen LogP contribution in [0.2, 0.25) is 0 Å². The van der Waals surface area contributed by atoms with Crippen molar-refractivity contribution in [2.75, 3.05) is 25.1 Å². The Bertz CT molecular complexity index is 325. The van der Waals surface area contributed by atoms with Crippen LogP contribution in [-0.4, -0.2) is 53.4 Å². The largest absolute Gasteiger partial charge is 0.459 e. The zero-order valence-corrected chi connectivity index (χ0v) is 12.7. The molecule has 0 bridgehead atoms. The molecule has 0 aliphatic carbocycles.